The van der Waals surface area contributed by atoms with E-state index in [9.17, 15) is 9.59 Å². The molecule has 0 aliphatic rings. The number of nitrogens with zero attached hydrogens (tertiary/aromatic N) is 2. The average molecular weight is 224 g/mol. The smallest absolute Gasteiger partial charge is 0.293 e. The number of amides is 1. The number of anilines is 1. The van der Waals surface area contributed by atoms with Gasteiger partial charge in [0.2, 0.25) is 5.91 Å². The molecule has 0 aromatic carbocycles. The maximum absolute atomic E-state index is 11.8. The highest BCUT2D eigenvalue weighted by atomic mass is 16.2. The summed E-state index contributed by atoms with van der Waals surface area (Å²) in [5, 5.41) is 5.27. The largest absolute Gasteiger partial charge is 0.357 e. The highest BCUT2D eigenvalue weighted by molar-refractivity contribution is 5.83. The van der Waals surface area contributed by atoms with Crippen LogP contribution in [-0.4, -0.2) is 28.5 Å². The summed E-state index contributed by atoms with van der Waals surface area (Å²) < 4.78 is 1.52. The highest BCUT2D eigenvalue weighted by Gasteiger charge is 2.13. The van der Waals surface area contributed by atoms with Crippen molar-refractivity contribution in [3.8, 4) is 0 Å². The first-order chi connectivity index (χ1) is 7.60. The van der Waals surface area contributed by atoms with Crippen molar-refractivity contribution < 1.29 is 4.79 Å². The molecule has 6 heteroatoms. The van der Waals surface area contributed by atoms with Crippen LogP contribution in [-0.2, 0) is 11.3 Å². The van der Waals surface area contributed by atoms with Gasteiger partial charge in [-0.25, -0.2) is 4.98 Å². The molecule has 0 fully saturated rings. The number of carbonyl (C=O) groups is 1. The maximum Gasteiger partial charge on any atom is 0.293 e. The molecule has 16 heavy (non-hydrogen) atoms. The van der Waals surface area contributed by atoms with Crippen molar-refractivity contribution in [2.45, 2.75) is 26.4 Å². The van der Waals surface area contributed by atoms with Crippen molar-refractivity contribution in [2.24, 2.45) is 0 Å². The summed E-state index contributed by atoms with van der Waals surface area (Å²) in [4.78, 5) is 26.9. The molecular formula is C10H16N4O2. The molecule has 0 aliphatic carbocycles. The van der Waals surface area contributed by atoms with Gasteiger partial charge in [0.05, 0.1) is 0 Å². The molecule has 1 rings (SSSR count). The monoisotopic (exact) mass is 224 g/mol. The van der Waals surface area contributed by atoms with Crippen molar-refractivity contribution in [1.29, 1.82) is 0 Å². The van der Waals surface area contributed by atoms with E-state index in [0.29, 0.717) is 6.54 Å². The fourth-order valence-corrected chi connectivity index (χ4v) is 1.28. The molecule has 1 atom stereocenters. The first-order valence-corrected chi connectivity index (χ1v) is 5.13. The van der Waals surface area contributed by atoms with E-state index >= 15 is 0 Å². The van der Waals surface area contributed by atoms with E-state index in [1.54, 1.807) is 20.2 Å². The minimum Gasteiger partial charge on any atom is -0.357 e. The van der Waals surface area contributed by atoms with Crippen LogP contribution >= 0.6 is 0 Å². The molecule has 0 saturated heterocycles. The number of hydrogen-bond acceptors (Lipinski definition) is 4. The quantitative estimate of drug-likeness (QED) is 0.743. The van der Waals surface area contributed by atoms with Gasteiger partial charge in [-0.15, -0.1) is 0 Å². The fourth-order valence-electron chi connectivity index (χ4n) is 1.28. The molecule has 0 radical (unpaired) electrons. The van der Waals surface area contributed by atoms with Crippen LogP contribution in [0.2, 0.25) is 0 Å². The Hall–Kier alpha value is -1.85. The molecule has 1 aromatic heterocycles. The van der Waals surface area contributed by atoms with E-state index in [1.165, 1.54) is 10.8 Å². The number of likely N-dealkylation sites (N-methyl/N-ethyl adjacent to an activating group) is 1. The Kier molecular flexibility index (Phi) is 4.04. The molecule has 0 aliphatic heterocycles. The lowest BCUT2D eigenvalue weighted by atomic mass is 10.3. The van der Waals surface area contributed by atoms with Gasteiger partial charge in [0.1, 0.15) is 6.04 Å². The first kappa shape index (κ1) is 12.2. The summed E-state index contributed by atoms with van der Waals surface area (Å²) in [6.07, 6.45) is 3.14. The van der Waals surface area contributed by atoms with Gasteiger partial charge in [-0.3, -0.25) is 9.59 Å². The highest BCUT2D eigenvalue weighted by Crippen LogP contribution is 1.96. The maximum atomic E-state index is 11.8. The van der Waals surface area contributed by atoms with Gasteiger partial charge < -0.3 is 15.2 Å². The van der Waals surface area contributed by atoms with Crippen LogP contribution in [0, 0.1) is 0 Å². The van der Waals surface area contributed by atoms with E-state index in [1.807, 2.05) is 6.92 Å². The molecule has 1 unspecified atom stereocenters. The second-order valence-electron chi connectivity index (χ2n) is 3.35. The van der Waals surface area contributed by atoms with Crippen molar-refractivity contribution in [3.63, 3.8) is 0 Å². The molecule has 2 N–H and O–H groups in total. The Morgan fingerprint density at radius 3 is 2.88 bits per heavy atom. The summed E-state index contributed by atoms with van der Waals surface area (Å²) in [6.45, 7) is 4.11. The summed E-state index contributed by atoms with van der Waals surface area (Å²) in [6, 6.07) is -0.488. The summed E-state index contributed by atoms with van der Waals surface area (Å²) in [5.74, 6) is 0.00792. The van der Waals surface area contributed by atoms with Crippen LogP contribution in [0.1, 0.15) is 13.8 Å². The number of rotatable bonds is 4. The molecule has 88 valence electrons. The Labute approximate surface area is 93.7 Å². The van der Waals surface area contributed by atoms with Crippen molar-refractivity contribution in [1.82, 2.24) is 14.9 Å². The minimum atomic E-state index is -0.488. The molecule has 0 saturated carbocycles. The number of carbonyl (C=O) groups excluding carboxylic acids is 1. The lowest BCUT2D eigenvalue weighted by Crippen LogP contribution is -2.37. The predicted octanol–water partition coefficient (Wildman–Crippen LogP) is -0.190. The van der Waals surface area contributed by atoms with Gasteiger partial charge in [-0.2, -0.15) is 0 Å². The molecule has 0 bridgehead atoms. The third-order valence-electron chi connectivity index (χ3n) is 2.25. The van der Waals surface area contributed by atoms with Gasteiger partial charge >= 0.3 is 0 Å². The third-order valence-corrected chi connectivity index (χ3v) is 2.25. The van der Waals surface area contributed by atoms with Crippen LogP contribution in [0.4, 0.5) is 5.82 Å². The Morgan fingerprint density at radius 1 is 1.62 bits per heavy atom. The predicted molar refractivity (Wildman–Crippen MR) is 61.3 cm³/mol. The fraction of sp³-hybridized carbons (Fsp3) is 0.500. The lowest BCUT2D eigenvalue weighted by Gasteiger charge is -2.12. The molecule has 0 spiro atoms. The normalized spacial score (nSPS) is 11.9. The average Bonchev–Trinajstić information content (AvgIpc) is 2.30. The molecule has 1 aromatic rings. The van der Waals surface area contributed by atoms with Crippen molar-refractivity contribution in [2.75, 3.05) is 12.4 Å². The topological polar surface area (TPSA) is 76.0 Å². The lowest BCUT2D eigenvalue weighted by molar-refractivity contribution is -0.121. The second kappa shape index (κ2) is 5.29. The van der Waals surface area contributed by atoms with Gasteiger partial charge in [0, 0.05) is 26.0 Å². The zero-order valence-corrected chi connectivity index (χ0v) is 9.65. The van der Waals surface area contributed by atoms with E-state index in [0.717, 1.165) is 0 Å². The molecular weight excluding hydrogens is 208 g/mol. The number of nitrogens with one attached hydrogen (secondary N) is 2. The molecule has 1 amide bonds. The van der Waals surface area contributed by atoms with Crippen molar-refractivity contribution in [3.05, 3.63) is 22.7 Å². The van der Waals surface area contributed by atoms with Gasteiger partial charge in [-0.1, -0.05) is 0 Å². The van der Waals surface area contributed by atoms with Crippen LogP contribution < -0.4 is 16.2 Å². The van der Waals surface area contributed by atoms with Crippen LogP contribution in [0.3, 0.4) is 0 Å². The number of aryl methyl sites for hydroxylation is 1. The zero-order chi connectivity index (χ0) is 12.1. The summed E-state index contributed by atoms with van der Waals surface area (Å²) in [7, 11) is 1.54. The number of aromatic nitrogens is 2. The SMILES string of the molecule is CCn1ccnc(NC(C)C(=O)NC)c1=O. The van der Waals surface area contributed by atoms with Gasteiger partial charge in [-0.05, 0) is 13.8 Å². The summed E-state index contributed by atoms with van der Waals surface area (Å²) in [5.41, 5.74) is -0.222. The Bertz CT molecular complexity index is 427. The van der Waals surface area contributed by atoms with E-state index < -0.39 is 6.04 Å². The molecule has 6 nitrogen and oxygen atoms in total. The standard InChI is InChI=1S/C10H16N4O2/c1-4-14-6-5-12-8(10(14)16)13-7(2)9(15)11-3/h5-7H,4H2,1-3H3,(H,11,15)(H,12,13). The molecule has 1 heterocycles. The Morgan fingerprint density at radius 2 is 2.31 bits per heavy atom. The first-order valence-electron chi connectivity index (χ1n) is 5.13. The van der Waals surface area contributed by atoms with Crippen LogP contribution in [0.25, 0.3) is 0 Å². The number of hydrogen-bond donors (Lipinski definition) is 2. The van der Waals surface area contributed by atoms with Gasteiger partial charge in [0.15, 0.2) is 5.82 Å². The van der Waals surface area contributed by atoms with Gasteiger partial charge in [0.25, 0.3) is 5.56 Å². The van der Waals surface area contributed by atoms with E-state index in [4.69, 9.17) is 0 Å². The minimum absolute atomic E-state index is 0.187. The van der Waals surface area contributed by atoms with Crippen LogP contribution in [0.5, 0.6) is 0 Å². The zero-order valence-electron chi connectivity index (χ0n) is 9.65. The van der Waals surface area contributed by atoms with E-state index in [2.05, 4.69) is 15.6 Å². The second-order valence-corrected chi connectivity index (χ2v) is 3.35. The van der Waals surface area contributed by atoms with Crippen molar-refractivity contribution >= 4 is 11.7 Å². The van der Waals surface area contributed by atoms with E-state index in [-0.39, 0.29) is 17.3 Å². The van der Waals surface area contributed by atoms with Crippen LogP contribution in [0.15, 0.2) is 17.2 Å². The summed E-state index contributed by atoms with van der Waals surface area (Å²) >= 11 is 0. The third kappa shape index (κ3) is 2.59. The Balaban J connectivity index is 2.90.